The van der Waals surface area contributed by atoms with Crippen LogP contribution in [0.1, 0.15) is 0 Å². The zero-order valence-corrected chi connectivity index (χ0v) is 29.0. The highest BCUT2D eigenvalue weighted by Crippen LogP contribution is 2.40. The molecule has 0 unspecified atom stereocenters. The van der Waals surface area contributed by atoms with Gasteiger partial charge in [-0.25, -0.2) is 9.97 Å². The summed E-state index contributed by atoms with van der Waals surface area (Å²) in [5, 5.41) is 5.76. The van der Waals surface area contributed by atoms with Crippen LogP contribution in [0.4, 0.5) is 0 Å². The van der Waals surface area contributed by atoms with Crippen molar-refractivity contribution in [3.05, 3.63) is 182 Å². The van der Waals surface area contributed by atoms with Crippen molar-refractivity contribution < 1.29 is 4.42 Å². The Balaban J connectivity index is 1.21. The largest absolute Gasteiger partial charge is 0.454 e. The van der Waals surface area contributed by atoms with Gasteiger partial charge in [0, 0.05) is 50.3 Å². The summed E-state index contributed by atoms with van der Waals surface area (Å²) in [7, 11) is 0. The first kappa shape index (κ1) is 30.3. The average Bonchev–Trinajstić information content (AvgIpc) is 3.80. The molecule has 7 aromatic carbocycles. The molecule has 252 valence electrons. The lowest BCUT2D eigenvalue weighted by atomic mass is 9.98. The van der Waals surface area contributed by atoms with E-state index in [1.807, 2.05) is 42.6 Å². The summed E-state index contributed by atoms with van der Waals surface area (Å²) < 4.78 is 8.91. The Labute approximate surface area is 310 Å². The van der Waals surface area contributed by atoms with Crippen molar-refractivity contribution in [1.29, 1.82) is 0 Å². The molecular weight excluding hydrogens is 661 g/mol. The van der Waals surface area contributed by atoms with E-state index in [4.69, 9.17) is 19.4 Å². The minimum Gasteiger partial charge on any atom is -0.454 e. The number of rotatable bonds is 5. The number of benzene rings is 7. The van der Waals surface area contributed by atoms with Crippen molar-refractivity contribution in [2.45, 2.75) is 0 Å². The van der Waals surface area contributed by atoms with Crippen LogP contribution in [0.25, 0.3) is 105 Å². The predicted molar refractivity (Wildman–Crippen MR) is 221 cm³/mol. The van der Waals surface area contributed by atoms with Crippen LogP contribution in [0.3, 0.4) is 0 Å². The normalized spacial score (nSPS) is 11.7. The molecule has 4 aromatic heterocycles. The lowest BCUT2D eigenvalue weighted by molar-refractivity contribution is 0.669. The Bertz CT molecular complexity index is 3180. The molecular formula is C49H30N4O. The first-order chi connectivity index (χ1) is 26.7. The van der Waals surface area contributed by atoms with Gasteiger partial charge >= 0.3 is 0 Å². The summed E-state index contributed by atoms with van der Waals surface area (Å²) in [4.78, 5) is 15.2. The van der Waals surface area contributed by atoms with Crippen molar-refractivity contribution in [2.75, 3.05) is 0 Å². The topological polar surface area (TPSA) is 56.7 Å². The molecule has 0 N–H and O–H groups in total. The summed E-state index contributed by atoms with van der Waals surface area (Å²) in [6, 6.07) is 61.4. The van der Waals surface area contributed by atoms with Crippen molar-refractivity contribution in [3.8, 4) is 50.7 Å². The fourth-order valence-corrected chi connectivity index (χ4v) is 7.88. The van der Waals surface area contributed by atoms with E-state index in [9.17, 15) is 0 Å². The molecule has 0 bridgehead atoms. The number of furan rings is 1. The van der Waals surface area contributed by atoms with E-state index in [0.717, 1.165) is 78.0 Å². The monoisotopic (exact) mass is 690 g/mol. The number of fused-ring (bicyclic) bond motifs is 7. The summed E-state index contributed by atoms with van der Waals surface area (Å²) in [5.41, 5.74) is 12.3. The van der Waals surface area contributed by atoms with Crippen molar-refractivity contribution in [2.24, 2.45) is 0 Å². The van der Waals surface area contributed by atoms with Crippen molar-refractivity contribution in [1.82, 2.24) is 19.5 Å². The maximum Gasteiger partial charge on any atom is 0.161 e. The molecule has 0 aliphatic heterocycles. The first-order valence-corrected chi connectivity index (χ1v) is 18.1. The van der Waals surface area contributed by atoms with E-state index in [2.05, 4.69) is 144 Å². The number of para-hydroxylation sites is 3. The van der Waals surface area contributed by atoms with Gasteiger partial charge in [-0.05, 0) is 77.0 Å². The highest BCUT2D eigenvalue weighted by Gasteiger charge is 2.19. The van der Waals surface area contributed by atoms with Crippen LogP contribution >= 0.6 is 0 Å². The molecule has 0 spiro atoms. The fraction of sp³-hybridized carbons (Fsp3) is 0. The molecule has 0 radical (unpaired) electrons. The fourth-order valence-electron chi connectivity index (χ4n) is 7.88. The second kappa shape index (κ2) is 12.1. The van der Waals surface area contributed by atoms with Crippen LogP contribution in [0, 0.1) is 0 Å². The van der Waals surface area contributed by atoms with Gasteiger partial charge in [-0.1, -0.05) is 115 Å². The Morgan fingerprint density at radius 3 is 1.89 bits per heavy atom. The van der Waals surface area contributed by atoms with E-state index in [0.29, 0.717) is 5.82 Å². The van der Waals surface area contributed by atoms with E-state index in [1.54, 1.807) is 0 Å². The van der Waals surface area contributed by atoms with Crippen molar-refractivity contribution in [3.63, 3.8) is 0 Å². The number of nitrogens with zero attached hydrogens (tertiary/aromatic N) is 4. The van der Waals surface area contributed by atoms with Gasteiger partial charge < -0.3 is 8.98 Å². The maximum absolute atomic E-state index is 6.55. The van der Waals surface area contributed by atoms with Crippen LogP contribution in [0.2, 0.25) is 0 Å². The number of hydrogen-bond acceptors (Lipinski definition) is 4. The molecule has 0 atom stereocenters. The molecule has 0 aliphatic rings. The zero-order chi connectivity index (χ0) is 35.6. The molecule has 54 heavy (non-hydrogen) atoms. The smallest absolute Gasteiger partial charge is 0.161 e. The Morgan fingerprint density at radius 1 is 0.444 bits per heavy atom. The second-order valence-electron chi connectivity index (χ2n) is 13.7. The van der Waals surface area contributed by atoms with Gasteiger partial charge in [0.2, 0.25) is 0 Å². The third-order valence-electron chi connectivity index (χ3n) is 10.4. The molecule has 0 saturated heterocycles. The maximum atomic E-state index is 6.55. The van der Waals surface area contributed by atoms with Crippen LogP contribution in [-0.4, -0.2) is 19.5 Å². The molecule has 0 aliphatic carbocycles. The standard InChI is InChI=1S/C49H30N4O/c1-2-13-32(14-3-1)49-51-42(34-23-22-31-12-4-5-15-33(31)26-34)30-43(52-49)36-27-35(38-24-25-50-47-41-18-8-11-21-46(41)54-48(38)47)28-37(29-36)53-44-19-9-6-16-39(44)40-17-7-10-20-45(40)53/h1-30H. The molecule has 4 heterocycles. The third kappa shape index (κ3) is 4.90. The lowest BCUT2D eigenvalue weighted by Gasteiger charge is -2.15. The average molecular weight is 691 g/mol. The Morgan fingerprint density at radius 2 is 1.09 bits per heavy atom. The highest BCUT2D eigenvalue weighted by molar-refractivity contribution is 6.10. The zero-order valence-electron chi connectivity index (χ0n) is 29.0. The number of pyridine rings is 1. The van der Waals surface area contributed by atoms with Gasteiger partial charge in [0.05, 0.1) is 22.4 Å². The lowest BCUT2D eigenvalue weighted by Crippen LogP contribution is -1.99. The minimum atomic E-state index is 0.670. The molecule has 11 aromatic rings. The summed E-state index contributed by atoms with van der Waals surface area (Å²) in [6.45, 7) is 0. The SMILES string of the molecule is c1ccc(-c2nc(-c3cc(-c4ccnc5c4oc4ccccc45)cc(-n4c5ccccc5c5ccccc54)c3)cc(-c3ccc4ccccc4c3)n2)cc1. The summed E-state index contributed by atoms with van der Waals surface area (Å²) >= 11 is 0. The Hall–Kier alpha value is -7.37. The van der Waals surface area contributed by atoms with E-state index in [-0.39, 0.29) is 0 Å². The third-order valence-corrected chi connectivity index (χ3v) is 10.4. The van der Waals surface area contributed by atoms with Gasteiger partial charge in [0.25, 0.3) is 0 Å². The van der Waals surface area contributed by atoms with E-state index < -0.39 is 0 Å². The Kier molecular flexibility index (Phi) is 6.79. The molecule has 5 heteroatoms. The van der Waals surface area contributed by atoms with Gasteiger partial charge in [0.15, 0.2) is 11.4 Å². The molecule has 0 saturated carbocycles. The quantitative estimate of drug-likeness (QED) is 0.180. The van der Waals surface area contributed by atoms with Crippen LogP contribution in [-0.2, 0) is 0 Å². The summed E-state index contributed by atoms with van der Waals surface area (Å²) in [5.74, 6) is 0.670. The molecule has 5 nitrogen and oxygen atoms in total. The first-order valence-electron chi connectivity index (χ1n) is 18.1. The van der Waals surface area contributed by atoms with Gasteiger partial charge in [0.1, 0.15) is 11.1 Å². The van der Waals surface area contributed by atoms with Crippen LogP contribution in [0.15, 0.2) is 187 Å². The number of hydrogen-bond donors (Lipinski definition) is 0. The van der Waals surface area contributed by atoms with Crippen molar-refractivity contribution >= 4 is 54.6 Å². The molecule has 0 fully saturated rings. The molecule has 11 rings (SSSR count). The van der Waals surface area contributed by atoms with Gasteiger partial charge in [-0.15, -0.1) is 0 Å². The molecule has 0 amide bonds. The van der Waals surface area contributed by atoms with Gasteiger partial charge in [-0.2, -0.15) is 0 Å². The van der Waals surface area contributed by atoms with Crippen LogP contribution < -0.4 is 0 Å². The van der Waals surface area contributed by atoms with Gasteiger partial charge in [-0.3, -0.25) is 4.98 Å². The van der Waals surface area contributed by atoms with Crippen LogP contribution in [0.5, 0.6) is 0 Å². The predicted octanol–water partition coefficient (Wildman–Crippen LogP) is 12.7. The highest BCUT2D eigenvalue weighted by atomic mass is 16.3. The summed E-state index contributed by atoms with van der Waals surface area (Å²) in [6.07, 6.45) is 1.88. The minimum absolute atomic E-state index is 0.670. The second-order valence-corrected chi connectivity index (χ2v) is 13.7. The van der Waals surface area contributed by atoms with E-state index in [1.165, 1.54) is 21.5 Å². The van der Waals surface area contributed by atoms with E-state index >= 15 is 0 Å². The number of aromatic nitrogens is 4.